The lowest BCUT2D eigenvalue weighted by Gasteiger charge is -2.25. The van der Waals surface area contributed by atoms with Crippen LogP contribution < -0.4 is 5.32 Å². The van der Waals surface area contributed by atoms with Crippen molar-refractivity contribution in [2.45, 2.75) is 25.4 Å². The molecule has 1 heterocycles. The van der Waals surface area contributed by atoms with Crippen LogP contribution in [-0.4, -0.2) is 29.9 Å². The molecule has 1 unspecified atom stereocenters. The number of amides is 3. The average Bonchev–Trinajstić information content (AvgIpc) is 2.93. The molecule has 3 rings (SSSR count). The number of rotatable bonds is 5. The number of carbonyl (C=O) groups excluding carboxylic acids is 3. The highest BCUT2D eigenvalue weighted by atomic mass is 16.5. The normalized spacial score (nSPS) is 19.4. The maximum atomic E-state index is 13.1. The molecule has 3 amide bonds. The topological polar surface area (TPSA) is 75.7 Å². The zero-order chi connectivity index (χ0) is 18.7. The lowest BCUT2D eigenvalue weighted by atomic mass is 9.87. The Bertz CT molecular complexity index is 850. The van der Waals surface area contributed by atoms with Crippen molar-refractivity contribution < 1.29 is 19.1 Å². The number of hydrogen-bond donors (Lipinski definition) is 1. The summed E-state index contributed by atoms with van der Waals surface area (Å²) in [5.74, 6) is -0.754. The monoisotopic (exact) mass is 352 g/mol. The van der Waals surface area contributed by atoms with Crippen LogP contribution in [0.4, 0.5) is 4.79 Å². The third kappa shape index (κ3) is 2.94. The van der Waals surface area contributed by atoms with Gasteiger partial charge >= 0.3 is 12.0 Å². The zero-order valence-corrected chi connectivity index (χ0v) is 14.7. The van der Waals surface area contributed by atoms with Gasteiger partial charge in [0.15, 0.2) is 0 Å². The second kappa shape index (κ2) is 7.00. The summed E-state index contributed by atoms with van der Waals surface area (Å²) >= 11 is 0. The number of ether oxygens (including phenoxy) is 1. The van der Waals surface area contributed by atoms with Crippen molar-refractivity contribution in [2.75, 3.05) is 7.11 Å². The van der Waals surface area contributed by atoms with E-state index >= 15 is 0 Å². The molecule has 2 aromatic rings. The summed E-state index contributed by atoms with van der Waals surface area (Å²) in [5.41, 5.74) is 0.753. The predicted molar refractivity (Wildman–Crippen MR) is 95.3 cm³/mol. The molecule has 1 atom stereocenters. The van der Waals surface area contributed by atoms with Crippen molar-refractivity contribution >= 4 is 17.9 Å². The Morgan fingerprint density at radius 1 is 1.12 bits per heavy atom. The molecule has 0 saturated carbocycles. The molecule has 1 N–H and O–H groups in total. The fourth-order valence-electron chi connectivity index (χ4n) is 3.23. The van der Waals surface area contributed by atoms with Gasteiger partial charge in [0.1, 0.15) is 5.54 Å². The maximum Gasteiger partial charge on any atom is 0.337 e. The predicted octanol–water partition coefficient (Wildman–Crippen LogP) is 2.83. The second-order valence-corrected chi connectivity index (χ2v) is 6.14. The number of nitrogens with one attached hydrogen (secondary N) is 1. The van der Waals surface area contributed by atoms with Gasteiger partial charge in [0.25, 0.3) is 5.91 Å². The number of esters is 1. The van der Waals surface area contributed by atoms with Crippen molar-refractivity contribution in [1.82, 2.24) is 10.2 Å². The van der Waals surface area contributed by atoms with Gasteiger partial charge in [-0.15, -0.1) is 0 Å². The molecule has 1 aliphatic rings. The Morgan fingerprint density at radius 2 is 1.85 bits per heavy atom. The van der Waals surface area contributed by atoms with Crippen LogP contribution in [0.25, 0.3) is 0 Å². The molecule has 0 aliphatic carbocycles. The van der Waals surface area contributed by atoms with Gasteiger partial charge < -0.3 is 10.1 Å². The SMILES string of the molecule is CCC1(c2ccccc2)NC(=O)N(Cc2cccc(C(=O)OC)c2)C1=O. The Balaban J connectivity index is 1.89. The summed E-state index contributed by atoms with van der Waals surface area (Å²) in [6.07, 6.45) is 0.445. The Morgan fingerprint density at radius 3 is 2.50 bits per heavy atom. The zero-order valence-electron chi connectivity index (χ0n) is 14.7. The molecule has 1 fully saturated rings. The van der Waals surface area contributed by atoms with Crippen LogP contribution >= 0.6 is 0 Å². The number of urea groups is 1. The summed E-state index contributed by atoms with van der Waals surface area (Å²) < 4.78 is 4.71. The number of hydrogen-bond acceptors (Lipinski definition) is 4. The van der Waals surface area contributed by atoms with Crippen LogP contribution in [0.1, 0.15) is 34.8 Å². The highest BCUT2D eigenvalue weighted by Gasteiger charge is 2.51. The average molecular weight is 352 g/mol. The first kappa shape index (κ1) is 17.7. The molecule has 0 aromatic heterocycles. The van der Waals surface area contributed by atoms with E-state index < -0.39 is 17.5 Å². The Hall–Kier alpha value is -3.15. The standard InChI is InChI=1S/C20H20N2O4/c1-3-20(16-10-5-4-6-11-16)18(24)22(19(25)21-20)13-14-8-7-9-15(12-14)17(23)26-2/h4-12H,3,13H2,1-2H3,(H,21,25). The molecule has 0 radical (unpaired) electrons. The second-order valence-electron chi connectivity index (χ2n) is 6.14. The van der Waals surface area contributed by atoms with Crippen LogP contribution in [0.5, 0.6) is 0 Å². The van der Waals surface area contributed by atoms with E-state index in [1.54, 1.807) is 24.3 Å². The van der Waals surface area contributed by atoms with Gasteiger partial charge in [0.2, 0.25) is 0 Å². The van der Waals surface area contributed by atoms with E-state index in [2.05, 4.69) is 5.32 Å². The van der Waals surface area contributed by atoms with Gasteiger partial charge in [-0.1, -0.05) is 49.4 Å². The summed E-state index contributed by atoms with van der Waals surface area (Å²) in [4.78, 5) is 38.5. The first-order chi connectivity index (χ1) is 12.5. The number of methoxy groups -OCH3 is 1. The summed E-state index contributed by atoms with van der Waals surface area (Å²) in [6.45, 7) is 1.96. The van der Waals surface area contributed by atoms with Crippen molar-refractivity contribution in [3.8, 4) is 0 Å². The lowest BCUT2D eigenvalue weighted by Crippen LogP contribution is -2.43. The van der Waals surface area contributed by atoms with Gasteiger partial charge in [-0.2, -0.15) is 0 Å². The third-order valence-electron chi connectivity index (χ3n) is 4.66. The fourth-order valence-corrected chi connectivity index (χ4v) is 3.23. The summed E-state index contributed by atoms with van der Waals surface area (Å²) in [5, 5.41) is 2.85. The van der Waals surface area contributed by atoms with Gasteiger partial charge in [0.05, 0.1) is 19.2 Å². The molecule has 0 bridgehead atoms. The maximum absolute atomic E-state index is 13.1. The highest BCUT2D eigenvalue weighted by Crippen LogP contribution is 2.33. The van der Waals surface area contributed by atoms with Crippen LogP contribution in [-0.2, 0) is 21.6 Å². The Labute approximate surface area is 151 Å². The molecular weight excluding hydrogens is 332 g/mol. The van der Waals surface area contributed by atoms with E-state index in [0.29, 0.717) is 17.5 Å². The highest BCUT2D eigenvalue weighted by molar-refractivity contribution is 6.07. The molecule has 134 valence electrons. The van der Waals surface area contributed by atoms with E-state index in [4.69, 9.17) is 4.74 Å². The molecule has 6 nitrogen and oxygen atoms in total. The lowest BCUT2D eigenvalue weighted by molar-refractivity contribution is -0.132. The van der Waals surface area contributed by atoms with E-state index in [9.17, 15) is 14.4 Å². The van der Waals surface area contributed by atoms with Crippen molar-refractivity contribution in [3.63, 3.8) is 0 Å². The third-order valence-corrected chi connectivity index (χ3v) is 4.66. The minimum Gasteiger partial charge on any atom is -0.465 e. The van der Waals surface area contributed by atoms with Crippen molar-refractivity contribution in [3.05, 3.63) is 71.3 Å². The van der Waals surface area contributed by atoms with Gasteiger partial charge in [-0.25, -0.2) is 9.59 Å². The molecule has 0 spiro atoms. The number of carbonyl (C=O) groups is 3. The van der Waals surface area contributed by atoms with Crippen LogP contribution in [0.3, 0.4) is 0 Å². The minimum atomic E-state index is -1.06. The van der Waals surface area contributed by atoms with Crippen LogP contribution in [0, 0.1) is 0 Å². The van der Waals surface area contributed by atoms with Crippen molar-refractivity contribution in [2.24, 2.45) is 0 Å². The van der Waals surface area contributed by atoms with Crippen LogP contribution in [0.15, 0.2) is 54.6 Å². The van der Waals surface area contributed by atoms with Crippen LogP contribution in [0.2, 0.25) is 0 Å². The molecule has 2 aromatic carbocycles. The van der Waals surface area contributed by atoms with E-state index in [-0.39, 0.29) is 12.5 Å². The number of imide groups is 1. The summed E-state index contributed by atoms with van der Waals surface area (Å²) in [7, 11) is 1.31. The quantitative estimate of drug-likeness (QED) is 0.663. The van der Waals surface area contributed by atoms with E-state index in [1.807, 2.05) is 37.3 Å². The van der Waals surface area contributed by atoms with E-state index in [0.717, 1.165) is 5.56 Å². The van der Waals surface area contributed by atoms with Gasteiger partial charge in [-0.3, -0.25) is 9.69 Å². The minimum absolute atomic E-state index is 0.0874. The van der Waals surface area contributed by atoms with Gasteiger partial charge in [0, 0.05) is 0 Å². The Kier molecular flexibility index (Phi) is 4.75. The largest absolute Gasteiger partial charge is 0.465 e. The van der Waals surface area contributed by atoms with Gasteiger partial charge in [-0.05, 0) is 29.7 Å². The smallest absolute Gasteiger partial charge is 0.337 e. The number of nitrogens with zero attached hydrogens (tertiary/aromatic N) is 1. The first-order valence-corrected chi connectivity index (χ1v) is 8.38. The number of benzene rings is 2. The first-order valence-electron chi connectivity index (χ1n) is 8.38. The molecular formula is C20H20N2O4. The van der Waals surface area contributed by atoms with E-state index in [1.165, 1.54) is 12.0 Å². The summed E-state index contributed by atoms with van der Waals surface area (Å²) in [6, 6.07) is 15.5. The molecule has 26 heavy (non-hydrogen) atoms. The molecule has 6 heteroatoms. The molecule has 1 aliphatic heterocycles. The molecule has 1 saturated heterocycles. The van der Waals surface area contributed by atoms with Crippen molar-refractivity contribution in [1.29, 1.82) is 0 Å². The fraction of sp³-hybridized carbons (Fsp3) is 0.250.